The Hall–Kier alpha value is -5.18. The largest absolute Gasteiger partial charge is 0.436 e. The van der Waals surface area contributed by atoms with Gasteiger partial charge in [0, 0.05) is 10.8 Å². The second-order valence-corrected chi connectivity index (χ2v) is 6.49. The first-order valence-corrected chi connectivity index (χ1v) is 8.69. The third-order valence-electron chi connectivity index (χ3n) is 4.87. The molecular formula is C22H8N6O2. The highest BCUT2D eigenvalue weighted by atomic mass is 16.5. The smallest absolute Gasteiger partial charge is 0.226 e. The van der Waals surface area contributed by atoms with Crippen molar-refractivity contribution in [3.63, 3.8) is 0 Å². The molecule has 8 heteroatoms. The van der Waals surface area contributed by atoms with E-state index < -0.39 is 0 Å². The highest BCUT2D eigenvalue weighted by Crippen LogP contribution is 2.46. The summed E-state index contributed by atoms with van der Waals surface area (Å²) in [5.41, 5.74) is 1.05. The number of rotatable bonds is 0. The van der Waals surface area contributed by atoms with Crippen molar-refractivity contribution in [1.82, 2.24) is 0 Å². The zero-order valence-corrected chi connectivity index (χ0v) is 15.1. The number of nitrogens with zero attached hydrogens (tertiary/aromatic N) is 4. The molecule has 8 nitrogen and oxygen atoms in total. The quantitative estimate of drug-likeness (QED) is 0.433. The van der Waals surface area contributed by atoms with Crippen molar-refractivity contribution in [3.8, 4) is 35.8 Å². The average Bonchev–Trinajstić information content (AvgIpc) is 3.39. The lowest BCUT2D eigenvalue weighted by Gasteiger charge is -2.08. The van der Waals surface area contributed by atoms with Crippen LogP contribution in [-0.2, 0) is 0 Å². The van der Waals surface area contributed by atoms with Crippen molar-refractivity contribution in [2.45, 2.75) is 0 Å². The monoisotopic (exact) mass is 388 g/mol. The number of benzene rings is 3. The van der Waals surface area contributed by atoms with Crippen LogP contribution in [0.5, 0.6) is 11.5 Å². The van der Waals surface area contributed by atoms with Gasteiger partial charge >= 0.3 is 0 Å². The maximum Gasteiger partial charge on any atom is 0.226 e. The van der Waals surface area contributed by atoms with Crippen molar-refractivity contribution >= 4 is 32.9 Å². The second-order valence-electron chi connectivity index (χ2n) is 6.49. The molecule has 0 unspecified atom stereocenters. The summed E-state index contributed by atoms with van der Waals surface area (Å²) in [5, 5.41) is 45.6. The number of hydrogen-bond donors (Lipinski definition) is 2. The van der Waals surface area contributed by atoms with Crippen LogP contribution in [0.4, 0.5) is 11.4 Å². The van der Waals surface area contributed by atoms with E-state index in [0.717, 1.165) is 21.5 Å². The molecule has 138 valence electrons. The first kappa shape index (κ1) is 17.0. The number of allylic oxidation sites excluding steroid dienone is 2. The topological polar surface area (TPSA) is 138 Å². The summed E-state index contributed by atoms with van der Waals surface area (Å²) < 4.78 is 11.6. The van der Waals surface area contributed by atoms with E-state index in [0.29, 0.717) is 22.9 Å². The van der Waals surface area contributed by atoms with Crippen LogP contribution >= 0.6 is 0 Å². The van der Waals surface area contributed by atoms with Gasteiger partial charge in [-0.15, -0.1) is 0 Å². The van der Waals surface area contributed by atoms with Crippen LogP contribution in [-0.4, -0.2) is 0 Å². The van der Waals surface area contributed by atoms with E-state index in [1.165, 1.54) is 0 Å². The summed E-state index contributed by atoms with van der Waals surface area (Å²) in [6.45, 7) is 0. The Bertz CT molecular complexity index is 1390. The van der Waals surface area contributed by atoms with Gasteiger partial charge in [0.2, 0.25) is 11.8 Å². The molecule has 0 saturated carbocycles. The Balaban J connectivity index is 1.69. The third kappa shape index (κ3) is 2.29. The lowest BCUT2D eigenvalue weighted by atomic mass is 10.0. The molecule has 3 aromatic rings. The number of nitriles is 4. The Morgan fingerprint density at radius 2 is 1.03 bits per heavy atom. The fraction of sp³-hybridized carbons (Fsp3) is 0. The van der Waals surface area contributed by atoms with Gasteiger partial charge in [0.25, 0.3) is 0 Å². The molecule has 30 heavy (non-hydrogen) atoms. The van der Waals surface area contributed by atoms with E-state index in [4.69, 9.17) is 30.5 Å². The standard InChI is InChI=1S/C22H8N6O2/c23-7-13(8-24)21-27-17-3-1-11-5-16-12(6-15(11)19(17)29-21)2-4-18-20(16)30-22(28-18)14(9-25)10-26/h1-6,27-28H. The molecule has 2 N–H and O–H groups in total. The fourth-order valence-corrected chi connectivity index (χ4v) is 3.49. The Labute approximate surface area is 169 Å². The minimum absolute atomic E-state index is 0.111. The van der Waals surface area contributed by atoms with Crippen molar-refractivity contribution in [1.29, 1.82) is 21.0 Å². The van der Waals surface area contributed by atoms with Gasteiger partial charge in [0.05, 0.1) is 11.4 Å². The minimum Gasteiger partial charge on any atom is -0.436 e. The number of hydrogen-bond acceptors (Lipinski definition) is 8. The lowest BCUT2D eigenvalue weighted by molar-refractivity contribution is 0.459. The molecule has 2 aliphatic rings. The molecule has 3 aromatic carbocycles. The van der Waals surface area contributed by atoms with Gasteiger partial charge in [0.1, 0.15) is 24.3 Å². The van der Waals surface area contributed by atoms with E-state index in [2.05, 4.69) is 10.6 Å². The van der Waals surface area contributed by atoms with Gasteiger partial charge in [-0.3, -0.25) is 0 Å². The molecule has 0 saturated heterocycles. The number of ether oxygens (including phenoxy) is 2. The van der Waals surface area contributed by atoms with Crippen LogP contribution in [0, 0.1) is 45.3 Å². The minimum atomic E-state index is -0.137. The van der Waals surface area contributed by atoms with Crippen LogP contribution in [0.1, 0.15) is 0 Å². The molecule has 0 spiro atoms. The van der Waals surface area contributed by atoms with Gasteiger partial charge in [-0.2, -0.15) is 21.0 Å². The predicted octanol–water partition coefficient (Wildman–Crippen LogP) is 4.12. The maximum absolute atomic E-state index is 9.09. The summed E-state index contributed by atoms with van der Waals surface area (Å²) in [6, 6.07) is 18.5. The molecule has 0 aromatic heterocycles. The summed E-state index contributed by atoms with van der Waals surface area (Å²) >= 11 is 0. The Kier molecular flexibility index (Phi) is 3.49. The zero-order valence-electron chi connectivity index (χ0n) is 15.1. The van der Waals surface area contributed by atoms with E-state index in [-0.39, 0.29) is 22.9 Å². The summed E-state index contributed by atoms with van der Waals surface area (Å²) in [7, 11) is 0. The van der Waals surface area contributed by atoms with Gasteiger partial charge in [-0.1, -0.05) is 12.1 Å². The van der Waals surface area contributed by atoms with Crippen LogP contribution in [0.3, 0.4) is 0 Å². The normalized spacial score (nSPS) is 12.8. The highest BCUT2D eigenvalue weighted by molar-refractivity contribution is 6.07. The molecule has 2 heterocycles. The number of nitrogens with one attached hydrogen (secondary N) is 2. The molecule has 0 atom stereocenters. The van der Waals surface area contributed by atoms with E-state index in [9.17, 15) is 0 Å². The number of fused-ring (bicyclic) bond motifs is 6. The first-order chi connectivity index (χ1) is 14.7. The highest BCUT2D eigenvalue weighted by Gasteiger charge is 2.26. The molecule has 0 bridgehead atoms. The fourth-order valence-electron chi connectivity index (χ4n) is 3.49. The molecule has 0 amide bonds. The average molecular weight is 388 g/mol. The predicted molar refractivity (Wildman–Crippen MR) is 106 cm³/mol. The molecule has 0 aliphatic carbocycles. The SMILES string of the molecule is N#CC(C#N)=C1Nc2ccc3cc4c5c(ccc4cc3c2O1)NC(=C(C#N)C#N)O5. The van der Waals surface area contributed by atoms with Crippen LogP contribution in [0.15, 0.2) is 59.3 Å². The van der Waals surface area contributed by atoms with Gasteiger partial charge in [-0.25, -0.2) is 0 Å². The molecule has 5 rings (SSSR count). The van der Waals surface area contributed by atoms with E-state index in [1.807, 2.05) is 48.5 Å². The second kappa shape index (κ2) is 6.17. The van der Waals surface area contributed by atoms with E-state index in [1.54, 1.807) is 12.1 Å². The van der Waals surface area contributed by atoms with Crippen LogP contribution in [0.25, 0.3) is 21.5 Å². The van der Waals surface area contributed by atoms with Crippen molar-refractivity contribution in [3.05, 3.63) is 59.3 Å². The first-order valence-electron chi connectivity index (χ1n) is 8.69. The van der Waals surface area contributed by atoms with Crippen LogP contribution < -0.4 is 20.1 Å². The summed E-state index contributed by atoms with van der Waals surface area (Å²) in [4.78, 5) is 0. The molecule has 0 radical (unpaired) electrons. The van der Waals surface area contributed by atoms with Crippen molar-refractivity contribution in [2.75, 3.05) is 10.6 Å². The Morgan fingerprint density at radius 3 is 1.40 bits per heavy atom. The van der Waals surface area contributed by atoms with Crippen molar-refractivity contribution in [2.24, 2.45) is 0 Å². The summed E-state index contributed by atoms with van der Waals surface area (Å²) in [5.74, 6) is 1.28. The van der Waals surface area contributed by atoms with Gasteiger partial charge in [-0.05, 0) is 35.0 Å². The van der Waals surface area contributed by atoms with Gasteiger partial charge < -0.3 is 20.1 Å². The molecule has 0 fully saturated rings. The maximum atomic E-state index is 9.09. The van der Waals surface area contributed by atoms with Gasteiger partial charge in [0.15, 0.2) is 22.6 Å². The molecule has 2 aliphatic heterocycles. The van der Waals surface area contributed by atoms with Crippen molar-refractivity contribution < 1.29 is 9.47 Å². The lowest BCUT2D eigenvalue weighted by Crippen LogP contribution is -2.00. The Morgan fingerprint density at radius 1 is 0.633 bits per heavy atom. The number of anilines is 2. The zero-order chi connectivity index (χ0) is 20.8. The van der Waals surface area contributed by atoms with Crippen LogP contribution in [0.2, 0.25) is 0 Å². The molecular weight excluding hydrogens is 380 g/mol. The summed E-state index contributed by atoms with van der Waals surface area (Å²) in [6.07, 6.45) is 0. The van der Waals surface area contributed by atoms with E-state index >= 15 is 0 Å². The third-order valence-corrected chi connectivity index (χ3v) is 4.87.